The Balaban J connectivity index is 1.72. The van der Waals surface area contributed by atoms with Crippen LogP contribution in [0.4, 0.5) is 4.79 Å². The van der Waals surface area contributed by atoms with Crippen LogP contribution in [0.15, 0.2) is 35.5 Å². The van der Waals surface area contributed by atoms with E-state index in [1.807, 2.05) is 39.8 Å². The third kappa shape index (κ3) is 4.33. The van der Waals surface area contributed by atoms with Gasteiger partial charge in [-0.05, 0) is 38.3 Å². The van der Waals surface area contributed by atoms with Gasteiger partial charge < -0.3 is 9.47 Å². The molecule has 1 aliphatic carbocycles. The second-order valence-corrected chi connectivity index (χ2v) is 10.9. The number of amides is 1. The van der Waals surface area contributed by atoms with E-state index < -0.39 is 13.8 Å². The van der Waals surface area contributed by atoms with Gasteiger partial charge in [-0.3, -0.25) is 9.05 Å². The summed E-state index contributed by atoms with van der Waals surface area (Å²) in [6.07, 6.45) is 6.18. The lowest BCUT2D eigenvalue weighted by Gasteiger charge is -2.35. The van der Waals surface area contributed by atoms with Gasteiger partial charge in [-0.25, -0.2) is 13.7 Å². The number of carbonyl (C=O) groups excluding carboxylic acids is 1. The normalized spacial score (nSPS) is 22.8. The lowest BCUT2D eigenvalue weighted by Crippen LogP contribution is -2.33. The molecule has 0 aromatic rings. The molecular weight excluding hydrogens is 403 g/mol. The number of hydrogen-bond acceptors (Lipinski definition) is 7. The summed E-state index contributed by atoms with van der Waals surface area (Å²) in [4.78, 5) is 12.8. The van der Waals surface area contributed by atoms with Crippen LogP contribution in [0.3, 0.4) is 0 Å². The molecule has 0 unspecified atom stereocenters. The van der Waals surface area contributed by atoms with E-state index in [1.165, 1.54) is 8.38 Å². The van der Waals surface area contributed by atoms with Crippen LogP contribution >= 0.6 is 19.9 Å². The zero-order chi connectivity index (χ0) is 20.5. The molecule has 0 atom stereocenters. The standard InChI is InChI=1S/C18H27N2O6PS/c1-13(2)20(27(22)24-10-7-11-25-27)28-19(5)17(21)26-16-15-14(8-6-9-23-15)12-18(16,3)4/h6,8-9,13H,7,10-12H2,1-5H3. The van der Waals surface area contributed by atoms with E-state index in [9.17, 15) is 9.36 Å². The quantitative estimate of drug-likeness (QED) is 0.446. The van der Waals surface area contributed by atoms with E-state index in [2.05, 4.69) is 0 Å². The van der Waals surface area contributed by atoms with E-state index in [0.29, 0.717) is 31.2 Å². The van der Waals surface area contributed by atoms with Crippen molar-refractivity contribution in [2.24, 2.45) is 5.41 Å². The lowest BCUT2D eigenvalue weighted by molar-refractivity contribution is 0.120. The Hall–Kier alpha value is -1.25. The van der Waals surface area contributed by atoms with Crippen LogP contribution in [0.5, 0.6) is 0 Å². The molecule has 3 rings (SSSR count). The third-order valence-electron chi connectivity index (χ3n) is 4.44. The zero-order valence-electron chi connectivity index (χ0n) is 16.8. The van der Waals surface area contributed by atoms with E-state index in [-0.39, 0.29) is 11.5 Å². The summed E-state index contributed by atoms with van der Waals surface area (Å²) >= 11 is 0.966. The largest absolute Gasteiger partial charge is 0.461 e. The highest BCUT2D eigenvalue weighted by Gasteiger charge is 2.43. The number of ether oxygens (including phenoxy) is 2. The molecule has 8 nitrogen and oxygen atoms in total. The molecule has 28 heavy (non-hydrogen) atoms. The zero-order valence-corrected chi connectivity index (χ0v) is 18.5. The highest BCUT2D eigenvalue weighted by molar-refractivity contribution is 7.99. The van der Waals surface area contributed by atoms with Gasteiger partial charge in [-0.15, -0.1) is 4.08 Å². The topological polar surface area (TPSA) is 77.5 Å². The monoisotopic (exact) mass is 430 g/mol. The maximum absolute atomic E-state index is 13.0. The number of rotatable bonds is 5. The molecule has 0 radical (unpaired) electrons. The molecule has 1 fully saturated rings. The van der Waals surface area contributed by atoms with Crippen molar-refractivity contribution in [3.8, 4) is 0 Å². The van der Waals surface area contributed by atoms with Gasteiger partial charge in [0.2, 0.25) is 0 Å². The fourth-order valence-corrected chi connectivity index (χ4v) is 6.20. The van der Waals surface area contributed by atoms with Crippen molar-refractivity contribution < 1.29 is 27.9 Å². The molecule has 0 aromatic heterocycles. The smallest absolute Gasteiger partial charge is 0.425 e. The molecule has 0 saturated carbocycles. The van der Waals surface area contributed by atoms with Crippen LogP contribution in [-0.4, -0.2) is 40.8 Å². The second kappa shape index (κ2) is 8.24. The van der Waals surface area contributed by atoms with Crippen LogP contribution in [0.25, 0.3) is 0 Å². The first-order chi connectivity index (χ1) is 13.1. The van der Waals surface area contributed by atoms with Gasteiger partial charge in [0.05, 0.1) is 31.6 Å². The van der Waals surface area contributed by atoms with E-state index >= 15 is 0 Å². The van der Waals surface area contributed by atoms with Gasteiger partial charge in [0.25, 0.3) is 0 Å². The Bertz CT molecular complexity index is 766. The van der Waals surface area contributed by atoms with Crippen molar-refractivity contribution >= 4 is 26.0 Å². The van der Waals surface area contributed by atoms with Gasteiger partial charge >= 0.3 is 13.8 Å². The first-order valence-corrected chi connectivity index (χ1v) is 11.5. The Labute approximate surface area is 170 Å². The van der Waals surface area contributed by atoms with Crippen molar-refractivity contribution in [2.75, 3.05) is 20.3 Å². The van der Waals surface area contributed by atoms with Crippen molar-refractivity contribution in [3.05, 3.63) is 35.5 Å². The fraction of sp³-hybridized carbons (Fsp3) is 0.611. The molecule has 1 amide bonds. The van der Waals surface area contributed by atoms with Crippen LogP contribution in [0.1, 0.15) is 40.5 Å². The van der Waals surface area contributed by atoms with Crippen molar-refractivity contribution in [1.29, 1.82) is 0 Å². The minimum absolute atomic E-state index is 0.185. The average molecular weight is 430 g/mol. The third-order valence-corrected chi connectivity index (χ3v) is 8.20. The number of allylic oxidation sites excluding steroid dienone is 4. The minimum atomic E-state index is -3.47. The summed E-state index contributed by atoms with van der Waals surface area (Å²) in [5, 5.41) is 0. The van der Waals surface area contributed by atoms with Crippen molar-refractivity contribution in [3.63, 3.8) is 0 Å². The Kier molecular flexibility index (Phi) is 6.32. The minimum Gasteiger partial charge on any atom is -0.461 e. The Morgan fingerprint density at radius 1 is 1.32 bits per heavy atom. The maximum Gasteiger partial charge on any atom is 0.425 e. The predicted molar refractivity (Wildman–Crippen MR) is 107 cm³/mol. The van der Waals surface area contributed by atoms with E-state index in [0.717, 1.165) is 24.1 Å². The molecule has 0 bridgehead atoms. The van der Waals surface area contributed by atoms with Crippen molar-refractivity contribution in [2.45, 2.75) is 46.6 Å². The number of carbonyl (C=O) groups is 1. The van der Waals surface area contributed by atoms with Crippen LogP contribution in [0.2, 0.25) is 0 Å². The Morgan fingerprint density at radius 3 is 2.64 bits per heavy atom. The van der Waals surface area contributed by atoms with Gasteiger partial charge in [-0.2, -0.15) is 0 Å². The summed E-state index contributed by atoms with van der Waals surface area (Å²) in [6.45, 7) is 8.44. The molecule has 2 aliphatic heterocycles. The summed E-state index contributed by atoms with van der Waals surface area (Å²) in [5.74, 6) is 1.08. The molecule has 2 heterocycles. The molecule has 1 saturated heterocycles. The average Bonchev–Trinajstić information content (AvgIpc) is 2.89. The molecule has 10 heteroatoms. The maximum atomic E-state index is 13.0. The molecule has 156 valence electrons. The highest BCUT2D eigenvalue weighted by atomic mass is 32.2. The van der Waals surface area contributed by atoms with Gasteiger partial charge in [0, 0.05) is 18.5 Å². The predicted octanol–water partition coefficient (Wildman–Crippen LogP) is 4.99. The van der Waals surface area contributed by atoms with Crippen LogP contribution in [0, 0.1) is 5.41 Å². The summed E-state index contributed by atoms with van der Waals surface area (Å²) in [7, 11) is -1.91. The van der Waals surface area contributed by atoms with Gasteiger partial charge in [0.15, 0.2) is 11.5 Å². The summed E-state index contributed by atoms with van der Waals surface area (Å²) in [6, 6.07) is -0.185. The second-order valence-electron chi connectivity index (χ2n) is 7.69. The molecule has 3 aliphatic rings. The lowest BCUT2D eigenvalue weighted by atomic mass is 9.90. The van der Waals surface area contributed by atoms with E-state index in [4.69, 9.17) is 18.5 Å². The Morgan fingerprint density at radius 2 is 2.00 bits per heavy atom. The number of hydrogen-bond donors (Lipinski definition) is 0. The molecule has 0 aromatic carbocycles. The van der Waals surface area contributed by atoms with Crippen molar-refractivity contribution in [1.82, 2.24) is 8.38 Å². The van der Waals surface area contributed by atoms with E-state index in [1.54, 1.807) is 13.3 Å². The SMILES string of the molecule is CC(C)N(SN(C)C(=O)OC1=C2OC=CC=C2CC1(C)C)P1(=O)OCCCO1. The fourth-order valence-electron chi connectivity index (χ4n) is 3.10. The highest BCUT2D eigenvalue weighted by Crippen LogP contribution is 2.59. The van der Waals surface area contributed by atoms with Gasteiger partial charge in [0.1, 0.15) is 0 Å². The van der Waals surface area contributed by atoms with Gasteiger partial charge in [-0.1, -0.05) is 19.9 Å². The summed E-state index contributed by atoms with van der Waals surface area (Å²) < 4.78 is 37.9. The van der Waals surface area contributed by atoms with Crippen LogP contribution < -0.4 is 0 Å². The first-order valence-electron chi connectivity index (χ1n) is 9.24. The summed E-state index contributed by atoms with van der Waals surface area (Å²) in [5.41, 5.74) is 0.636. The number of fused-ring (bicyclic) bond motifs is 1. The number of nitrogens with zero attached hydrogens (tertiary/aromatic N) is 2. The first kappa shape index (κ1) is 21.5. The van der Waals surface area contributed by atoms with Crippen LogP contribution in [-0.2, 0) is 23.1 Å². The molecule has 0 spiro atoms. The molecule has 0 N–H and O–H groups in total. The molecular formula is C18H27N2O6PS.